The lowest BCUT2D eigenvalue weighted by atomic mass is 9.90. The Balaban J connectivity index is 1.10. The van der Waals surface area contributed by atoms with Crippen LogP contribution in [0.1, 0.15) is 37.7 Å². The number of benzene rings is 2. The van der Waals surface area contributed by atoms with E-state index in [2.05, 4.69) is 53.6 Å². The third-order valence-corrected chi connectivity index (χ3v) is 9.18. The number of aryl methyl sites for hydroxylation is 1. The van der Waals surface area contributed by atoms with Crippen LogP contribution in [-0.2, 0) is 26.1 Å². The van der Waals surface area contributed by atoms with Crippen LogP contribution < -0.4 is 0 Å². The number of aromatic nitrogens is 2. The highest BCUT2D eigenvalue weighted by molar-refractivity contribution is 6.15. The predicted octanol–water partition coefficient (Wildman–Crippen LogP) is 3.92. The first kappa shape index (κ1) is 27.0. The molecule has 0 saturated carbocycles. The first-order valence-corrected chi connectivity index (χ1v) is 15.1. The van der Waals surface area contributed by atoms with Crippen molar-refractivity contribution < 1.29 is 19.1 Å². The molecule has 0 N–H and O–H groups in total. The normalized spacial score (nSPS) is 23.6. The Kier molecular flexibility index (Phi) is 7.15. The predicted molar refractivity (Wildman–Crippen MR) is 159 cm³/mol. The van der Waals surface area contributed by atoms with E-state index < -0.39 is 5.54 Å². The molecule has 4 aliphatic heterocycles. The molecule has 42 heavy (non-hydrogen) atoms. The van der Waals surface area contributed by atoms with E-state index in [1.54, 1.807) is 4.68 Å². The Morgan fingerprint density at radius 2 is 1.60 bits per heavy atom. The van der Waals surface area contributed by atoms with Gasteiger partial charge in [-0.2, -0.15) is 5.10 Å². The summed E-state index contributed by atoms with van der Waals surface area (Å²) in [5.74, 6) is 1.11. The molecule has 1 aromatic heterocycles. The number of amides is 2. The van der Waals surface area contributed by atoms with Crippen LogP contribution in [-0.4, -0.2) is 88.3 Å². The molecule has 0 unspecified atom stereocenters. The molecule has 7 rings (SSSR count). The summed E-state index contributed by atoms with van der Waals surface area (Å²) in [7, 11) is 1.92. The van der Waals surface area contributed by atoms with Crippen molar-refractivity contribution in [3.8, 4) is 22.3 Å². The number of likely N-dealkylation sites (tertiary alicyclic amines) is 1. The zero-order chi connectivity index (χ0) is 28.7. The van der Waals surface area contributed by atoms with Gasteiger partial charge in [-0.3, -0.25) is 24.2 Å². The molecule has 1 spiro atoms. The number of hydrogen-bond acceptors (Lipinski definition) is 6. The summed E-state index contributed by atoms with van der Waals surface area (Å²) in [6, 6.07) is 16.8. The van der Waals surface area contributed by atoms with Crippen molar-refractivity contribution in [2.75, 3.05) is 39.5 Å². The maximum absolute atomic E-state index is 14.0. The van der Waals surface area contributed by atoms with Gasteiger partial charge in [0.15, 0.2) is 0 Å². The number of hydrogen-bond donors (Lipinski definition) is 0. The smallest absolute Gasteiger partial charge is 0.256 e. The van der Waals surface area contributed by atoms with Crippen molar-refractivity contribution in [1.29, 1.82) is 0 Å². The largest absolute Gasteiger partial charge is 0.381 e. The van der Waals surface area contributed by atoms with E-state index in [4.69, 9.17) is 14.5 Å². The van der Waals surface area contributed by atoms with Gasteiger partial charge < -0.3 is 14.4 Å². The molecular weight excluding hydrogens is 530 g/mol. The minimum atomic E-state index is -0.750. The summed E-state index contributed by atoms with van der Waals surface area (Å²) in [6.07, 6.45) is 7.39. The molecule has 9 heteroatoms. The third kappa shape index (κ3) is 5.05. The van der Waals surface area contributed by atoms with Crippen LogP contribution in [0.4, 0.5) is 0 Å². The Morgan fingerprint density at radius 1 is 0.929 bits per heavy atom. The van der Waals surface area contributed by atoms with Gasteiger partial charge in [0.2, 0.25) is 0 Å². The van der Waals surface area contributed by atoms with Crippen molar-refractivity contribution in [1.82, 2.24) is 19.6 Å². The Bertz CT molecular complexity index is 1480. The second kappa shape index (κ2) is 11.1. The summed E-state index contributed by atoms with van der Waals surface area (Å²) < 4.78 is 13.1. The van der Waals surface area contributed by atoms with Gasteiger partial charge in [-0.25, -0.2) is 0 Å². The highest BCUT2D eigenvalue weighted by atomic mass is 16.5. The lowest BCUT2D eigenvalue weighted by molar-refractivity contribution is -0.139. The monoisotopic (exact) mass is 567 g/mol. The fraction of sp³-hybridized carbons (Fsp3) is 0.455. The standard InChI is InChI=1S/C33H37N5O4/c1-36-22-28(19-34-36)26-6-4-24(5-7-26)25-8-10-27(11-9-25)30-35-33(13-17-41-18-14-33)32(40)38(30)21-23-12-15-37(20-23)31(39)29-3-2-16-42-29/h4-11,19,22-23,29H,2-3,12-18,20-21H2,1H3/t23-,29-/m1/s1. The maximum atomic E-state index is 14.0. The van der Waals surface area contributed by atoms with Gasteiger partial charge in [0, 0.05) is 76.7 Å². The molecule has 5 heterocycles. The van der Waals surface area contributed by atoms with Gasteiger partial charge >= 0.3 is 0 Å². The molecule has 2 atom stereocenters. The highest BCUT2D eigenvalue weighted by Crippen LogP contribution is 2.36. The molecule has 0 bridgehead atoms. The van der Waals surface area contributed by atoms with Crippen molar-refractivity contribution in [2.45, 2.75) is 43.7 Å². The molecule has 0 radical (unpaired) electrons. The van der Waals surface area contributed by atoms with E-state index in [1.807, 2.05) is 29.2 Å². The van der Waals surface area contributed by atoms with Crippen LogP contribution in [0, 0.1) is 5.92 Å². The molecule has 0 aliphatic carbocycles. The number of rotatable bonds is 6. The summed E-state index contributed by atoms with van der Waals surface area (Å²) >= 11 is 0. The molecule has 3 fully saturated rings. The van der Waals surface area contributed by atoms with Gasteiger partial charge in [-0.1, -0.05) is 48.5 Å². The Hall–Kier alpha value is -3.82. The van der Waals surface area contributed by atoms with Crippen molar-refractivity contribution >= 4 is 17.6 Å². The Labute approximate surface area is 246 Å². The van der Waals surface area contributed by atoms with E-state index in [0.29, 0.717) is 52.3 Å². The van der Waals surface area contributed by atoms with E-state index in [1.165, 1.54) is 0 Å². The molecule has 3 aromatic rings. The minimum Gasteiger partial charge on any atom is -0.381 e. The van der Waals surface area contributed by atoms with E-state index >= 15 is 0 Å². The van der Waals surface area contributed by atoms with Crippen LogP contribution >= 0.6 is 0 Å². The second-order valence-electron chi connectivity index (χ2n) is 12.0. The zero-order valence-electron chi connectivity index (χ0n) is 24.1. The highest BCUT2D eigenvalue weighted by Gasteiger charge is 2.50. The minimum absolute atomic E-state index is 0.0692. The molecule has 2 amide bonds. The third-order valence-electron chi connectivity index (χ3n) is 9.18. The maximum Gasteiger partial charge on any atom is 0.256 e. The Morgan fingerprint density at radius 3 is 2.21 bits per heavy atom. The number of carbonyl (C=O) groups excluding carboxylic acids is 2. The first-order chi connectivity index (χ1) is 20.5. The number of nitrogens with zero attached hydrogens (tertiary/aromatic N) is 5. The summed E-state index contributed by atoms with van der Waals surface area (Å²) in [5, 5.41) is 4.27. The van der Waals surface area contributed by atoms with E-state index in [-0.39, 0.29) is 23.8 Å². The molecule has 2 aromatic carbocycles. The van der Waals surface area contributed by atoms with Crippen LogP contribution in [0.15, 0.2) is 65.9 Å². The summed E-state index contributed by atoms with van der Waals surface area (Å²) in [6.45, 7) is 3.67. The zero-order valence-corrected chi connectivity index (χ0v) is 24.1. The first-order valence-electron chi connectivity index (χ1n) is 15.1. The lowest BCUT2D eigenvalue weighted by Crippen LogP contribution is -2.47. The average Bonchev–Trinajstić information content (AvgIpc) is 3.84. The molecule has 4 aliphatic rings. The second-order valence-corrected chi connectivity index (χ2v) is 12.0. The quantitative estimate of drug-likeness (QED) is 0.451. The van der Waals surface area contributed by atoms with Gasteiger partial charge in [-0.05, 0) is 41.9 Å². The van der Waals surface area contributed by atoms with Gasteiger partial charge in [-0.15, -0.1) is 0 Å². The van der Waals surface area contributed by atoms with Gasteiger partial charge in [0.25, 0.3) is 11.8 Å². The summed E-state index contributed by atoms with van der Waals surface area (Å²) in [4.78, 5) is 35.9. The SMILES string of the molecule is Cn1cc(-c2ccc(-c3ccc(C4=NC5(CCOCC5)C(=O)N4C[C@@H]4CCN(C(=O)[C@H]5CCCO5)C4)cc3)cc2)cn1. The van der Waals surface area contributed by atoms with Crippen LogP contribution in [0.25, 0.3) is 22.3 Å². The molecular formula is C33H37N5O4. The van der Waals surface area contributed by atoms with Crippen molar-refractivity contribution in [3.63, 3.8) is 0 Å². The van der Waals surface area contributed by atoms with Crippen LogP contribution in [0.3, 0.4) is 0 Å². The topological polar surface area (TPSA) is 89.3 Å². The van der Waals surface area contributed by atoms with Crippen molar-refractivity contribution in [2.24, 2.45) is 18.0 Å². The van der Waals surface area contributed by atoms with Gasteiger partial charge in [0.1, 0.15) is 17.5 Å². The molecule has 3 saturated heterocycles. The molecule has 218 valence electrons. The molecule has 9 nitrogen and oxygen atoms in total. The fourth-order valence-electron chi connectivity index (χ4n) is 6.74. The van der Waals surface area contributed by atoms with Crippen LogP contribution in [0.2, 0.25) is 0 Å². The van der Waals surface area contributed by atoms with E-state index in [0.717, 1.165) is 52.9 Å². The summed E-state index contributed by atoms with van der Waals surface area (Å²) in [5.41, 5.74) is 4.63. The fourth-order valence-corrected chi connectivity index (χ4v) is 6.74. The van der Waals surface area contributed by atoms with Gasteiger partial charge in [0.05, 0.1) is 6.20 Å². The number of ether oxygens (including phenoxy) is 2. The lowest BCUT2D eigenvalue weighted by Gasteiger charge is -2.30. The number of aliphatic imine (C=N–C) groups is 1. The average molecular weight is 568 g/mol. The number of amidine groups is 1. The number of carbonyl (C=O) groups is 2. The van der Waals surface area contributed by atoms with Crippen LogP contribution in [0.5, 0.6) is 0 Å². The van der Waals surface area contributed by atoms with Crippen molar-refractivity contribution in [3.05, 3.63) is 66.5 Å². The van der Waals surface area contributed by atoms with E-state index in [9.17, 15) is 9.59 Å².